The van der Waals surface area contributed by atoms with Crippen molar-refractivity contribution in [2.45, 2.75) is 0 Å². The fraction of sp³-hybridized carbons (Fsp3) is 0. The van der Waals surface area contributed by atoms with Crippen LogP contribution >= 0.6 is 0 Å². The Morgan fingerprint density at radius 1 is 1.31 bits per heavy atom. The summed E-state index contributed by atoms with van der Waals surface area (Å²) in [5.41, 5.74) is -0.512. The van der Waals surface area contributed by atoms with Gasteiger partial charge in [-0.25, -0.2) is 4.63 Å². The van der Waals surface area contributed by atoms with E-state index in [1.807, 2.05) is 0 Å². The van der Waals surface area contributed by atoms with Crippen molar-refractivity contribution >= 4 is 16.7 Å². The smallest absolute Gasteiger partial charge is 0.300 e. The van der Waals surface area contributed by atoms with E-state index in [-0.39, 0.29) is 16.7 Å². The molecule has 0 unspecified atom stereocenters. The molecule has 2 rings (SSSR count). The summed E-state index contributed by atoms with van der Waals surface area (Å²) in [6.07, 6.45) is 0. The lowest BCUT2D eigenvalue weighted by molar-refractivity contribution is -0.383. The Kier molecular flexibility index (Phi) is 1.38. The Bertz CT molecular complexity index is 478. The van der Waals surface area contributed by atoms with Crippen molar-refractivity contribution in [2.75, 3.05) is 0 Å². The number of hydrogen-bond acceptors (Lipinski definition) is 6. The first kappa shape index (κ1) is 7.47. The van der Waals surface area contributed by atoms with Crippen LogP contribution < -0.4 is 5.11 Å². The lowest BCUT2D eigenvalue weighted by Gasteiger charge is -2.01. The van der Waals surface area contributed by atoms with Crippen LogP contribution in [-0.2, 0) is 0 Å². The molecule has 66 valence electrons. The van der Waals surface area contributed by atoms with Gasteiger partial charge in [0.05, 0.1) is 4.92 Å². The van der Waals surface area contributed by atoms with E-state index in [2.05, 4.69) is 14.9 Å². The standard InChI is InChI=1S/C6H3N3O4/c10-4-2-1-3(9(11)12)5-6(4)8-13-7-5/h1-2,10H/p-1. The summed E-state index contributed by atoms with van der Waals surface area (Å²) in [6.45, 7) is 0. The highest BCUT2D eigenvalue weighted by atomic mass is 16.6. The highest BCUT2D eigenvalue weighted by molar-refractivity contribution is 5.87. The largest absolute Gasteiger partial charge is 0.871 e. The molecular formula is C6H2N3O4-. The molecule has 0 aliphatic rings. The van der Waals surface area contributed by atoms with E-state index in [1.165, 1.54) is 0 Å². The van der Waals surface area contributed by atoms with Gasteiger partial charge in [-0.05, 0) is 5.16 Å². The van der Waals surface area contributed by atoms with Crippen molar-refractivity contribution in [3.05, 3.63) is 22.2 Å². The molecule has 0 aliphatic heterocycles. The van der Waals surface area contributed by atoms with Gasteiger partial charge in [0, 0.05) is 6.07 Å². The number of hydrogen-bond donors (Lipinski definition) is 0. The predicted molar refractivity (Wildman–Crippen MR) is 37.9 cm³/mol. The molecule has 0 saturated carbocycles. The lowest BCUT2D eigenvalue weighted by atomic mass is 10.2. The van der Waals surface area contributed by atoms with Crippen LogP contribution in [0, 0.1) is 10.1 Å². The van der Waals surface area contributed by atoms with Crippen LogP contribution in [0.4, 0.5) is 5.69 Å². The highest BCUT2D eigenvalue weighted by Crippen LogP contribution is 2.27. The summed E-state index contributed by atoms with van der Waals surface area (Å²) in [5.74, 6) is -0.443. The average molecular weight is 180 g/mol. The van der Waals surface area contributed by atoms with Crippen LogP contribution in [0.1, 0.15) is 0 Å². The summed E-state index contributed by atoms with van der Waals surface area (Å²) in [7, 11) is 0. The quantitative estimate of drug-likeness (QED) is 0.458. The number of non-ortho nitro benzene ring substituents is 1. The molecule has 1 aromatic carbocycles. The molecule has 0 saturated heterocycles. The number of aromatic nitrogens is 2. The lowest BCUT2D eigenvalue weighted by Crippen LogP contribution is -1.94. The van der Waals surface area contributed by atoms with Crippen LogP contribution in [0.2, 0.25) is 0 Å². The molecule has 2 aromatic rings. The maximum Gasteiger partial charge on any atom is 0.300 e. The zero-order chi connectivity index (χ0) is 9.42. The van der Waals surface area contributed by atoms with Crippen molar-refractivity contribution in [3.63, 3.8) is 0 Å². The van der Waals surface area contributed by atoms with E-state index in [0.29, 0.717) is 0 Å². The summed E-state index contributed by atoms with van der Waals surface area (Å²) in [5, 5.41) is 28.0. The monoisotopic (exact) mass is 180 g/mol. The van der Waals surface area contributed by atoms with Crippen LogP contribution in [0.3, 0.4) is 0 Å². The van der Waals surface area contributed by atoms with Gasteiger partial charge in [-0.2, -0.15) is 0 Å². The maximum atomic E-state index is 11.0. The van der Waals surface area contributed by atoms with Crippen molar-refractivity contribution in [2.24, 2.45) is 0 Å². The van der Waals surface area contributed by atoms with Crippen LogP contribution in [-0.4, -0.2) is 15.2 Å². The summed E-state index contributed by atoms with van der Waals surface area (Å²) in [6, 6.07) is 2.14. The fourth-order valence-corrected chi connectivity index (χ4v) is 0.978. The molecule has 0 spiro atoms. The van der Waals surface area contributed by atoms with Gasteiger partial charge in [-0.3, -0.25) is 10.1 Å². The minimum absolute atomic E-state index is 0.113. The van der Waals surface area contributed by atoms with Crippen LogP contribution in [0.15, 0.2) is 16.8 Å². The minimum Gasteiger partial charge on any atom is -0.871 e. The van der Waals surface area contributed by atoms with Crippen molar-refractivity contribution in [1.29, 1.82) is 0 Å². The van der Waals surface area contributed by atoms with Gasteiger partial charge in [-0.1, -0.05) is 17.0 Å². The van der Waals surface area contributed by atoms with E-state index in [1.54, 1.807) is 0 Å². The topological polar surface area (TPSA) is 105 Å². The number of rotatable bonds is 1. The summed E-state index contributed by atoms with van der Waals surface area (Å²) >= 11 is 0. The molecule has 0 radical (unpaired) electrons. The fourth-order valence-electron chi connectivity index (χ4n) is 0.978. The molecule has 1 aromatic heterocycles. The van der Waals surface area contributed by atoms with Gasteiger partial charge in [-0.15, -0.1) is 0 Å². The number of nitrogens with zero attached hydrogens (tertiary/aromatic N) is 3. The first-order valence-corrected chi connectivity index (χ1v) is 3.27. The normalized spacial score (nSPS) is 10.5. The van der Waals surface area contributed by atoms with Crippen LogP contribution in [0.5, 0.6) is 5.75 Å². The Hall–Kier alpha value is -2.18. The molecule has 0 bridgehead atoms. The third-order valence-corrected chi connectivity index (χ3v) is 1.55. The van der Waals surface area contributed by atoms with Crippen molar-refractivity contribution in [1.82, 2.24) is 10.3 Å². The molecular weight excluding hydrogens is 178 g/mol. The van der Waals surface area contributed by atoms with Gasteiger partial charge in [0.15, 0.2) is 0 Å². The van der Waals surface area contributed by atoms with Gasteiger partial charge in [0.2, 0.25) is 5.52 Å². The average Bonchev–Trinajstić information content (AvgIpc) is 2.53. The van der Waals surface area contributed by atoms with Gasteiger partial charge < -0.3 is 5.11 Å². The molecule has 0 atom stereocenters. The number of fused-ring (bicyclic) bond motifs is 1. The third-order valence-electron chi connectivity index (χ3n) is 1.55. The summed E-state index contributed by atoms with van der Waals surface area (Å²) < 4.78 is 4.23. The second-order valence-electron chi connectivity index (χ2n) is 2.30. The van der Waals surface area contributed by atoms with Crippen molar-refractivity contribution < 1.29 is 14.7 Å². The van der Waals surface area contributed by atoms with Gasteiger partial charge >= 0.3 is 5.69 Å². The Morgan fingerprint density at radius 3 is 2.69 bits per heavy atom. The molecule has 13 heavy (non-hydrogen) atoms. The van der Waals surface area contributed by atoms with E-state index in [4.69, 9.17) is 0 Å². The zero-order valence-electron chi connectivity index (χ0n) is 6.13. The molecule has 0 amide bonds. The molecule has 7 heteroatoms. The SMILES string of the molecule is O=[N+]([O-])c1ccc([O-])c2nonc12. The van der Waals surface area contributed by atoms with Crippen LogP contribution in [0.25, 0.3) is 11.0 Å². The van der Waals surface area contributed by atoms with E-state index >= 15 is 0 Å². The van der Waals surface area contributed by atoms with E-state index in [0.717, 1.165) is 12.1 Å². The first-order chi connectivity index (χ1) is 6.20. The predicted octanol–water partition coefficient (Wildman–Crippen LogP) is 0.205. The number of benzene rings is 1. The molecule has 1 heterocycles. The highest BCUT2D eigenvalue weighted by Gasteiger charge is 2.15. The maximum absolute atomic E-state index is 11.0. The molecule has 0 aliphatic carbocycles. The van der Waals surface area contributed by atoms with E-state index in [9.17, 15) is 15.2 Å². The van der Waals surface area contributed by atoms with Crippen molar-refractivity contribution in [3.8, 4) is 5.75 Å². The second kappa shape index (κ2) is 2.41. The zero-order valence-corrected chi connectivity index (χ0v) is 6.13. The van der Waals surface area contributed by atoms with E-state index < -0.39 is 10.7 Å². The molecule has 0 N–H and O–H groups in total. The Labute approximate surface area is 70.7 Å². The number of nitro benzene ring substituents is 1. The number of nitro groups is 1. The summed E-state index contributed by atoms with van der Waals surface area (Å²) in [4.78, 5) is 9.77. The Balaban J connectivity index is 2.86. The first-order valence-electron chi connectivity index (χ1n) is 3.27. The third kappa shape index (κ3) is 0.975. The molecule has 7 nitrogen and oxygen atoms in total. The molecule has 0 fully saturated rings. The Morgan fingerprint density at radius 2 is 2.00 bits per heavy atom. The second-order valence-corrected chi connectivity index (χ2v) is 2.30. The van der Waals surface area contributed by atoms with Gasteiger partial charge in [0.1, 0.15) is 5.52 Å². The minimum atomic E-state index is -0.647. The van der Waals surface area contributed by atoms with Gasteiger partial charge in [0.25, 0.3) is 0 Å².